The van der Waals surface area contributed by atoms with Crippen molar-refractivity contribution >= 4 is 32.9 Å². The molecule has 2 rings (SSSR count). The van der Waals surface area contributed by atoms with Crippen LogP contribution >= 0.6 is 27.7 Å². The molecule has 0 spiro atoms. The number of likely N-dealkylation sites (tertiary alicyclic amines) is 1. The number of rotatable bonds is 1. The fourth-order valence-corrected chi connectivity index (χ4v) is 3.60. The number of alkyl halides is 1. The van der Waals surface area contributed by atoms with Gasteiger partial charge in [0.15, 0.2) is 5.17 Å². The zero-order chi connectivity index (χ0) is 9.97. The highest BCUT2D eigenvalue weighted by molar-refractivity contribution is 9.09. The average Bonchev–Trinajstić information content (AvgIpc) is 2.66. The maximum Gasteiger partial charge on any atom is 0.159 e. The topological polar surface area (TPSA) is 15.6 Å². The molecule has 1 saturated heterocycles. The molecule has 1 fully saturated rings. The third-order valence-electron chi connectivity index (χ3n) is 2.80. The molecule has 0 radical (unpaired) electrons. The van der Waals surface area contributed by atoms with Crippen LogP contribution in [-0.4, -0.2) is 40.3 Å². The molecular weight excluding hydrogens is 260 g/mol. The van der Waals surface area contributed by atoms with Crippen molar-refractivity contribution in [2.45, 2.75) is 25.0 Å². The molecule has 0 aromatic heterocycles. The monoisotopic (exact) mass is 276 g/mol. The van der Waals surface area contributed by atoms with E-state index in [4.69, 9.17) is 0 Å². The summed E-state index contributed by atoms with van der Waals surface area (Å²) < 4.78 is 0. The zero-order valence-corrected chi connectivity index (χ0v) is 11.0. The Kier molecular flexibility index (Phi) is 3.77. The van der Waals surface area contributed by atoms with Crippen LogP contribution in [0.5, 0.6) is 0 Å². The minimum Gasteiger partial charge on any atom is -0.351 e. The Morgan fingerprint density at radius 2 is 2.50 bits per heavy atom. The van der Waals surface area contributed by atoms with E-state index in [1.165, 1.54) is 31.1 Å². The molecule has 0 N–H and O–H groups in total. The summed E-state index contributed by atoms with van der Waals surface area (Å²) >= 11 is 5.48. The predicted molar refractivity (Wildman–Crippen MR) is 67.4 cm³/mol. The Balaban J connectivity index is 1.89. The number of nitrogens with zero attached hydrogens (tertiary/aromatic N) is 2. The molecule has 0 aromatic rings. The number of hydrogen-bond donors (Lipinski definition) is 0. The van der Waals surface area contributed by atoms with Crippen molar-refractivity contribution in [2.75, 3.05) is 25.0 Å². The lowest BCUT2D eigenvalue weighted by atomic mass is 10.0. The van der Waals surface area contributed by atoms with E-state index in [2.05, 4.69) is 32.7 Å². The van der Waals surface area contributed by atoms with Crippen LogP contribution in [0, 0.1) is 5.92 Å². The lowest BCUT2D eigenvalue weighted by Gasteiger charge is -2.32. The van der Waals surface area contributed by atoms with E-state index in [9.17, 15) is 0 Å². The van der Waals surface area contributed by atoms with Gasteiger partial charge in [0.2, 0.25) is 0 Å². The predicted octanol–water partition coefficient (Wildman–Crippen LogP) is 2.58. The van der Waals surface area contributed by atoms with Crippen LogP contribution in [0.1, 0.15) is 19.8 Å². The third kappa shape index (κ3) is 2.45. The third-order valence-corrected chi connectivity index (χ3v) is 5.26. The van der Waals surface area contributed by atoms with Crippen molar-refractivity contribution in [3.05, 3.63) is 0 Å². The van der Waals surface area contributed by atoms with Gasteiger partial charge in [-0.1, -0.05) is 34.6 Å². The van der Waals surface area contributed by atoms with Gasteiger partial charge in [0.05, 0.1) is 6.54 Å². The Hall–Kier alpha value is 0.300. The number of hydrogen-bond acceptors (Lipinski definition) is 3. The van der Waals surface area contributed by atoms with Crippen molar-refractivity contribution in [1.82, 2.24) is 4.90 Å². The summed E-state index contributed by atoms with van der Waals surface area (Å²) in [5.41, 5.74) is 0. The van der Waals surface area contributed by atoms with Crippen molar-refractivity contribution in [2.24, 2.45) is 10.9 Å². The first kappa shape index (κ1) is 10.8. The van der Waals surface area contributed by atoms with E-state index < -0.39 is 0 Å². The summed E-state index contributed by atoms with van der Waals surface area (Å²) in [6, 6.07) is 0. The van der Waals surface area contributed by atoms with Gasteiger partial charge in [-0.15, -0.1) is 0 Å². The standard InChI is InChI=1S/C10H17BrN2S/c1-8-3-2-4-13(7-8)10-12-6-9(5-11)14-10/h8-9H,2-7H2,1H3. The maximum atomic E-state index is 4.62. The number of piperidine rings is 1. The molecule has 0 saturated carbocycles. The smallest absolute Gasteiger partial charge is 0.159 e. The molecule has 2 atom stereocenters. The molecule has 80 valence electrons. The quantitative estimate of drug-likeness (QED) is 0.685. The highest BCUT2D eigenvalue weighted by atomic mass is 79.9. The number of halogens is 1. The van der Waals surface area contributed by atoms with Crippen LogP contribution in [-0.2, 0) is 0 Å². The van der Waals surface area contributed by atoms with Crippen molar-refractivity contribution < 1.29 is 0 Å². The van der Waals surface area contributed by atoms with Crippen LogP contribution < -0.4 is 0 Å². The van der Waals surface area contributed by atoms with Crippen molar-refractivity contribution in [3.63, 3.8) is 0 Å². The van der Waals surface area contributed by atoms with Gasteiger partial charge in [-0.25, -0.2) is 0 Å². The summed E-state index contributed by atoms with van der Waals surface area (Å²) in [6.07, 6.45) is 2.72. The Bertz CT molecular complexity index is 232. The minimum atomic E-state index is 0.669. The largest absolute Gasteiger partial charge is 0.351 e. The van der Waals surface area contributed by atoms with Gasteiger partial charge < -0.3 is 4.90 Å². The van der Waals surface area contributed by atoms with Gasteiger partial charge in [0.1, 0.15) is 0 Å². The average molecular weight is 277 g/mol. The van der Waals surface area contributed by atoms with E-state index in [0.717, 1.165) is 17.8 Å². The SMILES string of the molecule is CC1CCCN(C2=NCC(CBr)S2)C1. The van der Waals surface area contributed by atoms with Crippen LogP contribution in [0.3, 0.4) is 0 Å². The van der Waals surface area contributed by atoms with E-state index >= 15 is 0 Å². The van der Waals surface area contributed by atoms with Crippen molar-refractivity contribution in [3.8, 4) is 0 Å². The summed E-state index contributed by atoms with van der Waals surface area (Å²) in [7, 11) is 0. The zero-order valence-electron chi connectivity index (χ0n) is 8.58. The minimum absolute atomic E-state index is 0.669. The molecule has 2 heterocycles. The molecule has 2 aliphatic rings. The summed E-state index contributed by atoms with van der Waals surface area (Å²) in [4.78, 5) is 7.10. The van der Waals surface area contributed by atoms with E-state index in [1.807, 2.05) is 11.8 Å². The Morgan fingerprint density at radius 3 is 3.14 bits per heavy atom. The van der Waals surface area contributed by atoms with Crippen LogP contribution in [0.4, 0.5) is 0 Å². The first-order valence-corrected chi connectivity index (χ1v) is 7.31. The fourth-order valence-electron chi connectivity index (χ4n) is 2.02. The van der Waals surface area contributed by atoms with Crippen LogP contribution in [0.2, 0.25) is 0 Å². The molecule has 14 heavy (non-hydrogen) atoms. The second-order valence-corrected chi connectivity index (χ2v) is 6.13. The van der Waals surface area contributed by atoms with E-state index in [0.29, 0.717) is 5.25 Å². The molecule has 0 bridgehead atoms. The molecular formula is C10H17BrN2S. The van der Waals surface area contributed by atoms with Gasteiger partial charge in [0, 0.05) is 23.7 Å². The van der Waals surface area contributed by atoms with Gasteiger partial charge in [-0.3, -0.25) is 4.99 Å². The molecule has 2 unspecified atom stereocenters. The number of aliphatic imine (C=N–C) groups is 1. The van der Waals surface area contributed by atoms with E-state index in [-0.39, 0.29) is 0 Å². The maximum absolute atomic E-state index is 4.62. The summed E-state index contributed by atoms with van der Waals surface area (Å²) in [5.74, 6) is 0.843. The first-order valence-electron chi connectivity index (χ1n) is 5.31. The molecule has 2 aliphatic heterocycles. The second-order valence-electron chi connectivity index (χ2n) is 4.21. The molecule has 0 aromatic carbocycles. The second kappa shape index (κ2) is 4.88. The molecule has 0 aliphatic carbocycles. The summed E-state index contributed by atoms with van der Waals surface area (Å²) in [5, 5.41) is 3.02. The Morgan fingerprint density at radius 1 is 1.64 bits per heavy atom. The molecule has 4 heteroatoms. The summed E-state index contributed by atoms with van der Waals surface area (Å²) in [6.45, 7) is 5.76. The molecule has 2 nitrogen and oxygen atoms in total. The van der Waals surface area contributed by atoms with Crippen LogP contribution in [0.25, 0.3) is 0 Å². The lowest BCUT2D eigenvalue weighted by Crippen LogP contribution is -2.37. The first-order chi connectivity index (χ1) is 6.79. The number of amidine groups is 1. The van der Waals surface area contributed by atoms with Gasteiger partial charge in [-0.05, 0) is 18.8 Å². The normalized spacial score (nSPS) is 33.3. The lowest BCUT2D eigenvalue weighted by molar-refractivity contribution is 0.277. The number of thioether (sulfide) groups is 1. The fraction of sp³-hybridized carbons (Fsp3) is 0.900. The van der Waals surface area contributed by atoms with E-state index in [1.54, 1.807) is 0 Å². The Labute approximate surface area is 98.7 Å². The highest BCUT2D eigenvalue weighted by Gasteiger charge is 2.25. The van der Waals surface area contributed by atoms with Gasteiger partial charge in [0.25, 0.3) is 0 Å². The van der Waals surface area contributed by atoms with Gasteiger partial charge >= 0.3 is 0 Å². The highest BCUT2D eigenvalue weighted by Crippen LogP contribution is 2.27. The van der Waals surface area contributed by atoms with Crippen LogP contribution in [0.15, 0.2) is 4.99 Å². The van der Waals surface area contributed by atoms with Gasteiger partial charge in [-0.2, -0.15) is 0 Å². The molecule has 0 amide bonds. The van der Waals surface area contributed by atoms with Crippen molar-refractivity contribution in [1.29, 1.82) is 0 Å².